The molecule has 28 heavy (non-hydrogen) atoms. The Kier molecular flexibility index (Phi) is 7.23. The van der Waals surface area contributed by atoms with Gasteiger partial charge < -0.3 is 34.6 Å². The SMILES string of the molecule is COc1c(Cl)cc(C(=O)NCC2CCN(CCCO)CC2O)c2c1OCCO2. The number of carbonyl (C=O) groups is 1. The molecule has 0 spiro atoms. The molecule has 2 atom stereocenters. The summed E-state index contributed by atoms with van der Waals surface area (Å²) in [6.07, 6.45) is 0.939. The van der Waals surface area contributed by atoms with Crippen LogP contribution in [0.3, 0.4) is 0 Å². The van der Waals surface area contributed by atoms with Crippen LogP contribution in [0.2, 0.25) is 5.02 Å². The first kappa shape index (κ1) is 21.0. The van der Waals surface area contributed by atoms with E-state index in [1.807, 2.05) is 0 Å². The van der Waals surface area contributed by atoms with Gasteiger partial charge in [0.1, 0.15) is 13.2 Å². The number of carbonyl (C=O) groups excluding carboxylic acids is 1. The van der Waals surface area contributed by atoms with Crippen molar-refractivity contribution >= 4 is 17.5 Å². The lowest BCUT2D eigenvalue weighted by molar-refractivity contribution is 0.0201. The maximum absolute atomic E-state index is 12.8. The van der Waals surface area contributed by atoms with Gasteiger partial charge in [0.25, 0.3) is 5.91 Å². The molecule has 2 aliphatic heterocycles. The average molecular weight is 415 g/mol. The van der Waals surface area contributed by atoms with Crippen molar-refractivity contribution in [3.05, 3.63) is 16.7 Å². The molecule has 2 unspecified atom stereocenters. The maximum Gasteiger partial charge on any atom is 0.255 e. The fourth-order valence-corrected chi connectivity index (χ4v) is 3.88. The van der Waals surface area contributed by atoms with Crippen LogP contribution >= 0.6 is 11.6 Å². The molecular weight excluding hydrogens is 388 g/mol. The second kappa shape index (κ2) is 9.65. The predicted molar refractivity (Wildman–Crippen MR) is 104 cm³/mol. The summed E-state index contributed by atoms with van der Waals surface area (Å²) in [6.45, 7) is 3.33. The van der Waals surface area contributed by atoms with Gasteiger partial charge in [0.15, 0.2) is 11.5 Å². The molecule has 3 N–H and O–H groups in total. The van der Waals surface area contributed by atoms with Gasteiger partial charge in [-0.15, -0.1) is 0 Å². The highest BCUT2D eigenvalue weighted by atomic mass is 35.5. The topological polar surface area (TPSA) is 100 Å². The quantitative estimate of drug-likeness (QED) is 0.609. The molecule has 0 aromatic heterocycles. The van der Waals surface area contributed by atoms with Gasteiger partial charge in [-0.2, -0.15) is 0 Å². The van der Waals surface area contributed by atoms with Crippen LogP contribution in [0.25, 0.3) is 0 Å². The lowest BCUT2D eigenvalue weighted by Crippen LogP contribution is -2.48. The molecule has 0 aliphatic carbocycles. The van der Waals surface area contributed by atoms with Gasteiger partial charge in [0.2, 0.25) is 5.75 Å². The number of piperidine rings is 1. The Bertz CT molecular complexity index is 701. The van der Waals surface area contributed by atoms with Gasteiger partial charge >= 0.3 is 0 Å². The van der Waals surface area contributed by atoms with E-state index in [1.54, 1.807) is 0 Å². The minimum Gasteiger partial charge on any atom is -0.491 e. The smallest absolute Gasteiger partial charge is 0.255 e. The molecule has 8 nitrogen and oxygen atoms in total. The molecule has 1 aromatic carbocycles. The Morgan fingerprint density at radius 1 is 1.39 bits per heavy atom. The molecule has 0 bridgehead atoms. The third-order valence-corrected chi connectivity index (χ3v) is 5.41. The van der Waals surface area contributed by atoms with E-state index < -0.39 is 6.10 Å². The third-order valence-electron chi connectivity index (χ3n) is 5.13. The highest BCUT2D eigenvalue weighted by molar-refractivity contribution is 6.33. The summed E-state index contributed by atoms with van der Waals surface area (Å²) in [5, 5.41) is 22.5. The highest BCUT2D eigenvalue weighted by Gasteiger charge is 2.30. The standard InChI is InChI=1S/C19H27ClN2O6/c1-26-17-14(20)9-13(16-18(17)28-8-7-27-16)19(25)21-10-12-3-5-22(4-2-6-23)11-15(12)24/h9,12,15,23-24H,2-8,10-11H2,1H3,(H,21,25). The number of methoxy groups -OCH3 is 1. The zero-order valence-corrected chi connectivity index (χ0v) is 16.7. The minimum atomic E-state index is -0.527. The molecule has 3 rings (SSSR count). The van der Waals surface area contributed by atoms with Crippen LogP contribution in [0.1, 0.15) is 23.2 Å². The maximum atomic E-state index is 12.8. The van der Waals surface area contributed by atoms with Crippen molar-refractivity contribution in [2.24, 2.45) is 5.92 Å². The summed E-state index contributed by atoms with van der Waals surface area (Å²) >= 11 is 6.24. The van der Waals surface area contributed by atoms with Crippen LogP contribution < -0.4 is 19.5 Å². The molecule has 0 saturated carbocycles. The number of benzene rings is 1. The summed E-state index contributed by atoms with van der Waals surface area (Å²) < 4.78 is 16.5. The van der Waals surface area contributed by atoms with Crippen LogP contribution in [-0.2, 0) is 0 Å². The van der Waals surface area contributed by atoms with Gasteiger partial charge in [-0.3, -0.25) is 4.79 Å². The molecule has 1 saturated heterocycles. The first-order chi connectivity index (χ1) is 13.5. The highest BCUT2D eigenvalue weighted by Crippen LogP contribution is 2.46. The normalized spacial score (nSPS) is 22.0. The number of nitrogens with one attached hydrogen (secondary N) is 1. The fraction of sp³-hybridized carbons (Fsp3) is 0.632. The molecule has 1 fully saturated rings. The van der Waals surface area contributed by atoms with E-state index >= 15 is 0 Å². The Morgan fingerprint density at radius 3 is 2.82 bits per heavy atom. The zero-order chi connectivity index (χ0) is 20.1. The van der Waals surface area contributed by atoms with Crippen LogP contribution in [0.15, 0.2) is 6.07 Å². The van der Waals surface area contributed by atoms with Crippen molar-refractivity contribution in [2.75, 3.05) is 53.1 Å². The predicted octanol–water partition coefficient (Wildman–Crippen LogP) is 0.915. The zero-order valence-electron chi connectivity index (χ0n) is 15.9. The van der Waals surface area contributed by atoms with Crippen molar-refractivity contribution < 1.29 is 29.2 Å². The van der Waals surface area contributed by atoms with Crippen molar-refractivity contribution in [1.82, 2.24) is 10.2 Å². The number of fused-ring (bicyclic) bond motifs is 1. The van der Waals surface area contributed by atoms with Gasteiger partial charge in [0.05, 0.1) is 23.8 Å². The van der Waals surface area contributed by atoms with Crippen LogP contribution in [-0.4, -0.2) is 80.2 Å². The van der Waals surface area contributed by atoms with Gasteiger partial charge in [-0.1, -0.05) is 11.6 Å². The number of β-amino-alcohol motifs (C(OH)–C–C–N with tert-alkyl or cyclic N) is 1. The molecule has 9 heteroatoms. The van der Waals surface area contributed by atoms with Gasteiger partial charge in [-0.05, 0) is 25.5 Å². The van der Waals surface area contributed by atoms with Crippen LogP contribution in [0, 0.1) is 5.92 Å². The molecule has 0 radical (unpaired) electrons. The van der Waals surface area contributed by atoms with Crippen LogP contribution in [0.5, 0.6) is 17.2 Å². The van der Waals surface area contributed by atoms with Crippen molar-refractivity contribution in [3.63, 3.8) is 0 Å². The Labute approximate surface area is 169 Å². The van der Waals surface area contributed by atoms with E-state index in [1.165, 1.54) is 13.2 Å². The second-order valence-corrected chi connectivity index (χ2v) is 7.41. The second-order valence-electron chi connectivity index (χ2n) is 7.00. The van der Waals surface area contributed by atoms with Crippen molar-refractivity contribution in [3.8, 4) is 17.2 Å². The number of hydrogen-bond acceptors (Lipinski definition) is 7. The summed E-state index contributed by atoms with van der Waals surface area (Å²) in [4.78, 5) is 14.9. The van der Waals surface area contributed by atoms with Gasteiger partial charge in [-0.25, -0.2) is 0 Å². The number of rotatable bonds is 7. The fourth-order valence-electron chi connectivity index (χ4n) is 3.61. The number of aliphatic hydroxyl groups is 2. The van der Waals surface area contributed by atoms with E-state index in [2.05, 4.69) is 10.2 Å². The summed E-state index contributed by atoms with van der Waals surface area (Å²) in [5.74, 6) is 0.642. The lowest BCUT2D eigenvalue weighted by Gasteiger charge is -2.36. The summed E-state index contributed by atoms with van der Waals surface area (Å²) in [7, 11) is 1.48. The molecule has 1 aromatic rings. The summed E-state index contributed by atoms with van der Waals surface area (Å²) in [6, 6.07) is 1.51. The number of hydrogen-bond donors (Lipinski definition) is 3. The van der Waals surface area contributed by atoms with E-state index in [4.69, 9.17) is 30.9 Å². The molecular formula is C19H27ClN2O6. The number of ether oxygens (including phenoxy) is 3. The lowest BCUT2D eigenvalue weighted by atomic mass is 9.93. The number of likely N-dealkylation sites (tertiary alicyclic amines) is 1. The average Bonchev–Trinajstić information content (AvgIpc) is 2.70. The van der Waals surface area contributed by atoms with Crippen LogP contribution in [0.4, 0.5) is 0 Å². The molecule has 2 heterocycles. The largest absolute Gasteiger partial charge is 0.491 e. The van der Waals surface area contributed by atoms with E-state index in [0.29, 0.717) is 50.0 Å². The van der Waals surface area contributed by atoms with Gasteiger partial charge in [0, 0.05) is 32.2 Å². The van der Waals surface area contributed by atoms with Crippen molar-refractivity contribution in [2.45, 2.75) is 18.9 Å². The number of amides is 1. The Balaban J connectivity index is 1.64. The summed E-state index contributed by atoms with van der Waals surface area (Å²) in [5.41, 5.74) is 0.287. The number of aliphatic hydroxyl groups excluding tert-OH is 2. The number of nitrogens with zero attached hydrogens (tertiary/aromatic N) is 1. The number of halogens is 1. The van der Waals surface area contributed by atoms with E-state index in [9.17, 15) is 9.90 Å². The Hall–Kier alpha value is -1.74. The monoisotopic (exact) mass is 414 g/mol. The Morgan fingerprint density at radius 2 is 2.14 bits per heavy atom. The first-order valence-electron chi connectivity index (χ1n) is 9.50. The van der Waals surface area contributed by atoms with Crippen molar-refractivity contribution in [1.29, 1.82) is 0 Å². The van der Waals surface area contributed by atoms with E-state index in [0.717, 1.165) is 19.5 Å². The molecule has 156 valence electrons. The molecule has 1 amide bonds. The third kappa shape index (κ3) is 4.63. The minimum absolute atomic E-state index is 0.0314. The molecule has 2 aliphatic rings. The first-order valence-corrected chi connectivity index (χ1v) is 9.88. The van der Waals surface area contributed by atoms with E-state index in [-0.39, 0.29) is 29.0 Å².